The third-order valence-corrected chi connectivity index (χ3v) is 8.08. The van der Waals surface area contributed by atoms with Gasteiger partial charge in [0, 0.05) is 11.1 Å². The largest absolute Gasteiger partial charge is 0.403 e. The van der Waals surface area contributed by atoms with E-state index in [2.05, 4.69) is 20.4 Å². The van der Waals surface area contributed by atoms with Crippen molar-refractivity contribution >= 4 is 35.7 Å². The Labute approximate surface area is 269 Å². The van der Waals surface area contributed by atoms with Gasteiger partial charge < -0.3 is 19.0 Å². The van der Waals surface area contributed by atoms with E-state index in [1.54, 1.807) is 60.7 Å². The van der Waals surface area contributed by atoms with Crippen LogP contribution in [0.3, 0.4) is 0 Å². The molecule has 4 amide bonds. The van der Waals surface area contributed by atoms with Gasteiger partial charge in [-0.1, -0.05) is 46.6 Å². The molecule has 48 heavy (non-hydrogen) atoms. The first-order chi connectivity index (χ1) is 23.3. The van der Waals surface area contributed by atoms with E-state index in [9.17, 15) is 29.4 Å². The average Bonchev–Trinajstić information content (AvgIpc) is 3.91. The summed E-state index contributed by atoms with van der Waals surface area (Å²) in [5, 5.41) is 34.3. The second-order valence-electron chi connectivity index (χ2n) is 10.9. The summed E-state index contributed by atoms with van der Waals surface area (Å²) in [6, 6.07) is 22.1. The molecular weight excluding hydrogens is 620 g/mol. The van der Waals surface area contributed by atoms with Crippen LogP contribution >= 0.6 is 0 Å². The molecule has 0 bridgehead atoms. The highest BCUT2D eigenvalue weighted by atomic mass is 16.4. The molecule has 234 valence electrons. The van der Waals surface area contributed by atoms with Crippen molar-refractivity contribution in [3.63, 3.8) is 0 Å². The molecule has 0 radical (unpaired) electrons. The normalized spacial score (nSPS) is 13.9. The fraction of sp³-hybridized carbons (Fsp3) is 0.0588. The van der Waals surface area contributed by atoms with Crippen LogP contribution in [0.1, 0.15) is 52.6 Å². The third-order valence-electron chi connectivity index (χ3n) is 8.08. The van der Waals surface area contributed by atoms with Crippen molar-refractivity contribution < 1.29 is 38.2 Å². The predicted molar refractivity (Wildman–Crippen MR) is 165 cm³/mol. The maximum absolute atomic E-state index is 13.4. The van der Waals surface area contributed by atoms with Crippen LogP contribution in [-0.4, -0.2) is 54.2 Å². The van der Waals surface area contributed by atoms with Gasteiger partial charge in [-0.25, -0.2) is 0 Å². The second kappa shape index (κ2) is 11.0. The van der Waals surface area contributed by atoms with Crippen molar-refractivity contribution in [3.8, 4) is 34.0 Å². The summed E-state index contributed by atoms with van der Waals surface area (Å²) in [7, 11) is 0. The summed E-state index contributed by atoms with van der Waals surface area (Å²) in [4.78, 5) is 55.0. The minimum absolute atomic E-state index is 0.0894. The van der Waals surface area contributed by atoms with E-state index in [-0.39, 0.29) is 59.3 Å². The zero-order chi connectivity index (χ0) is 33.1. The third kappa shape index (κ3) is 4.51. The number of anilines is 2. The molecule has 8 rings (SSSR count). The first-order valence-electron chi connectivity index (χ1n) is 14.5. The number of nitrogens with zero attached hydrogens (tertiary/aromatic N) is 6. The Morgan fingerprint density at radius 2 is 0.812 bits per heavy atom. The molecule has 0 spiro atoms. The van der Waals surface area contributed by atoms with Gasteiger partial charge in [0.2, 0.25) is 11.8 Å². The topological polar surface area (TPSA) is 193 Å². The van der Waals surface area contributed by atoms with Gasteiger partial charge in [0.1, 0.15) is 0 Å². The average molecular weight is 641 g/mol. The maximum atomic E-state index is 13.4. The lowest BCUT2D eigenvalue weighted by atomic mass is 9.97. The Morgan fingerprint density at radius 1 is 0.458 bits per heavy atom. The molecule has 14 heteroatoms. The van der Waals surface area contributed by atoms with E-state index in [4.69, 9.17) is 8.83 Å². The molecule has 0 saturated heterocycles. The minimum Gasteiger partial charge on any atom is -0.403 e. The molecule has 0 atom stereocenters. The highest BCUT2D eigenvalue weighted by Gasteiger charge is 2.42. The maximum Gasteiger partial charge on any atom is 0.332 e. The smallest absolute Gasteiger partial charge is 0.332 e. The summed E-state index contributed by atoms with van der Waals surface area (Å²) >= 11 is 0. The van der Waals surface area contributed by atoms with Gasteiger partial charge in [0.15, 0.2) is 0 Å². The highest BCUT2D eigenvalue weighted by Crippen LogP contribution is 2.36. The van der Waals surface area contributed by atoms with Gasteiger partial charge >= 0.3 is 12.0 Å². The van der Waals surface area contributed by atoms with Gasteiger partial charge in [-0.3, -0.25) is 19.2 Å². The molecule has 2 aliphatic rings. The number of carbonyl (C=O) groups excluding carboxylic acids is 4. The van der Waals surface area contributed by atoms with Gasteiger partial charge in [-0.05, 0) is 70.8 Å². The standard InChI is InChI=1S/C34H20N6O8/c41-15-17-1-5-19(6-2-17)27-35-37-33(47-27)39-29(43)23-11-9-21(13-25(23)31(39)45)22-10-12-24-26(14-22)32(46)40(30(24)44)34-38-36-28(48-34)20-7-3-18(16-42)4-8-20/h1-14,41-42H,15-16H2. The zero-order valence-electron chi connectivity index (χ0n) is 24.5. The van der Waals surface area contributed by atoms with Gasteiger partial charge in [0.05, 0.1) is 35.5 Å². The van der Waals surface area contributed by atoms with Crippen molar-refractivity contribution in [1.29, 1.82) is 0 Å². The van der Waals surface area contributed by atoms with Crippen molar-refractivity contribution in [2.24, 2.45) is 0 Å². The van der Waals surface area contributed by atoms with Crippen LogP contribution < -0.4 is 9.80 Å². The summed E-state index contributed by atoms with van der Waals surface area (Å²) in [5.74, 6) is -2.43. The van der Waals surface area contributed by atoms with E-state index in [0.717, 1.165) is 9.80 Å². The number of aromatic nitrogens is 4. The molecule has 0 aliphatic carbocycles. The van der Waals surface area contributed by atoms with Crippen LogP contribution in [0, 0.1) is 0 Å². The van der Waals surface area contributed by atoms with Gasteiger partial charge in [-0.2, -0.15) is 9.80 Å². The van der Waals surface area contributed by atoms with E-state index in [1.807, 2.05) is 0 Å². The Morgan fingerprint density at radius 3 is 1.19 bits per heavy atom. The van der Waals surface area contributed by atoms with Crippen LogP contribution in [0.2, 0.25) is 0 Å². The first kappa shape index (κ1) is 28.8. The number of fused-ring (bicyclic) bond motifs is 2. The monoisotopic (exact) mass is 640 g/mol. The molecule has 4 heterocycles. The molecule has 2 aromatic heterocycles. The van der Waals surface area contributed by atoms with Crippen LogP contribution in [-0.2, 0) is 13.2 Å². The first-order valence-corrected chi connectivity index (χ1v) is 14.5. The van der Waals surface area contributed by atoms with Gasteiger partial charge in [-0.15, -0.1) is 10.2 Å². The highest BCUT2D eigenvalue weighted by molar-refractivity contribution is 6.35. The summed E-state index contributed by atoms with van der Waals surface area (Å²) in [6.07, 6.45) is 0. The molecule has 0 unspecified atom stereocenters. The number of hydrogen-bond donors (Lipinski definition) is 2. The number of aliphatic hydroxyl groups excluding tert-OH is 2. The number of hydrogen-bond acceptors (Lipinski definition) is 12. The number of rotatable bonds is 7. The predicted octanol–water partition coefficient (Wildman–Crippen LogP) is 4.04. The van der Waals surface area contributed by atoms with E-state index >= 15 is 0 Å². The lowest BCUT2D eigenvalue weighted by Crippen LogP contribution is -2.29. The van der Waals surface area contributed by atoms with Gasteiger partial charge in [0.25, 0.3) is 23.6 Å². The molecule has 2 aliphatic heterocycles. The lowest BCUT2D eigenvalue weighted by molar-refractivity contribution is 0.0902. The SMILES string of the molecule is O=C1c2ccc(-c3ccc4c(c3)C(=O)N(c3nnc(-c5ccc(CO)cc5)o3)C4=O)cc2C(=O)N1c1nnc(-c2ccc(CO)cc2)o1. The molecule has 6 aromatic rings. The molecule has 14 nitrogen and oxygen atoms in total. The molecule has 0 fully saturated rings. The number of benzene rings is 4. The van der Waals surface area contributed by atoms with E-state index in [0.29, 0.717) is 33.4 Å². The molecular formula is C34H20N6O8. The van der Waals surface area contributed by atoms with E-state index < -0.39 is 23.6 Å². The molecule has 2 N–H and O–H groups in total. The lowest BCUT2D eigenvalue weighted by Gasteiger charge is -2.07. The summed E-state index contributed by atoms with van der Waals surface area (Å²) in [5.41, 5.74) is 3.95. The Balaban J connectivity index is 1.05. The van der Waals surface area contributed by atoms with Crippen LogP contribution in [0.4, 0.5) is 12.0 Å². The second-order valence-corrected chi connectivity index (χ2v) is 10.9. The Bertz CT molecular complexity index is 2150. The number of amides is 4. The fourth-order valence-electron chi connectivity index (χ4n) is 5.54. The Hall–Kier alpha value is -6.64. The van der Waals surface area contributed by atoms with Crippen LogP contribution in [0.15, 0.2) is 93.8 Å². The van der Waals surface area contributed by atoms with Crippen molar-refractivity contribution in [1.82, 2.24) is 20.4 Å². The number of aliphatic hydroxyl groups is 2. The summed E-state index contributed by atoms with van der Waals surface area (Å²) in [6.45, 7) is -0.260. The Kier molecular flexibility index (Phi) is 6.61. The zero-order valence-corrected chi connectivity index (χ0v) is 24.5. The fourth-order valence-corrected chi connectivity index (χ4v) is 5.54. The molecule has 4 aromatic carbocycles. The van der Waals surface area contributed by atoms with Crippen molar-refractivity contribution in [3.05, 3.63) is 118 Å². The van der Waals surface area contributed by atoms with E-state index in [1.165, 1.54) is 24.3 Å². The van der Waals surface area contributed by atoms with Crippen LogP contribution in [0.25, 0.3) is 34.0 Å². The van der Waals surface area contributed by atoms with Crippen molar-refractivity contribution in [2.75, 3.05) is 9.80 Å². The quantitative estimate of drug-likeness (QED) is 0.238. The molecule has 0 saturated carbocycles. The summed E-state index contributed by atoms with van der Waals surface area (Å²) < 4.78 is 11.3. The van der Waals surface area contributed by atoms with Crippen LogP contribution in [0.5, 0.6) is 0 Å². The minimum atomic E-state index is -0.667. The number of imide groups is 2. The van der Waals surface area contributed by atoms with Crippen molar-refractivity contribution in [2.45, 2.75) is 13.2 Å². The number of carbonyl (C=O) groups is 4.